The van der Waals surface area contributed by atoms with Crippen LogP contribution in [0.4, 0.5) is 0 Å². The maximum absolute atomic E-state index is 14.4. The van der Waals surface area contributed by atoms with Crippen molar-refractivity contribution in [1.29, 1.82) is 0 Å². The first-order chi connectivity index (χ1) is 39.6. The summed E-state index contributed by atoms with van der Waals surface area (Å²) in [5.74, 6) is -5.15. The van der Waals surface area contributed by atoms with E-state index in [1.54, 1.807) is 36.5 Å². The first-order valence-corrected chi connectivity index (χ1v) is 28.9. The van der Waals surface area contributed by atoms with Gasteiger partial charge >= 0.3 is 0 Å². The molecule has 24 nitrogen and oxygen atoms in total. The first kappa shape index (κ1) is 66.2. The predicted octanol–water partition coefficient (Wildman–Crippen LogP) is 2.58. The Hall–Kier alpha value is -8.31. The van der Waals surface area contributed by atoms with E-state index in [1.165, 1.54) is 83.7 Å². The van der Waals surface area contributed by atoms with Gasteiger partial charge in [0.15, 0.2) is 5.96 Å². The van der Waals surface area contributed by atoms with Crippen molar-refractivity contribution in [3.63, 3.8) is 0 Å². The van der Waals surface area contributed by atoms with Crippen molar-refractivity contribution in [2.24, 2.45) is 27.3 Å². The van der Waals surface area contributed by atoms with Gasteiger partial charge in [-0.1, -0.05) is 133 Å². The number of fused-ring (bicyclic) bond motifs is 1. The number of primary amides is 1. The molecule has 16 N–H and O–H groups in total. The van der Waals surface area contributed by atoms with Gasteiger partial charge in [0.25, 0.3) is 5.91 Å². The number of hydrogen-bond acceptors (Lipinski definition) is 12. The fourth-order valence-corrected chi connectivity index (χ4v) is 9.06. The minimum absolute atomic E-state index is 0.00360. The zero-order valence-electron chi connectivity index (χ0n) is 47.7. The Morgan fingerprint density at radius 3 is 1.87 bits per heavy atom. The molecule has 0 unspecified atom stereocenters. The Morgan fingerprint density at radius 1 is 0.610 bits per heavy atom. The number of carbonyl (C=O) groups excluding carboxylic acids is 8. The minimum Gasteiger partial charge on any atom is -0.370 e. The maximum atomic E-state index is 14.4. The molecule has 0 aliphatic rings. The highest BCUT2D eigenvalue weighted by Gasteiger charge is 2.32. The fraction of sp³-hybridized carbons (Fsp3) is 0.534. The second kappa shape index (κ2) is 38.4. The lowest BCUT2D eigenvalue weighted by Crippen LogP contribution is -2.59. The molecule has 0 saturated carbocycles. The quantitative estimate of drug-likeness (QED) is 0.0132. The second-order valence-electron chi connectivity index (χ2n) is 20.5. The lowest BCUT2D eigenvalue weighted by Gasteiger charge is -2.27. The van der Waals surface area contributed by atoms with E-state index in [0.717, 1.165) is 41.9 Å². The van der Waals surface area contributed by atoms with Crippen molar-refractivity contribution in [3.8, 4) is 0 Å². The molecule has 24 heteroatoms. The monoisotopic (exact) mass is 1140 g/mol. The van der Waals surface area contributed by atoms with Crippen LogP contribution in [0.1, 0.15) is 140 Å². The highest BCUT2D eigenvalue weighted by Crippen LogP contribution is 2.20. The Morgan fingerprint density at radius 2 is 1.21 bits per heavy atom. The second-order valence-corrected chi connectivity index (χ2v) is 20.5. The number of imidazole rings is 1. The van der Waals surface area contributed by atoms with Gasteiger partial charge in [0.2, 0.25) is 41.4 Å². The molecule has 5 atom stereocenters. The maximum Gasteiger partial charge on any atom is 0.264 e. The van der Waals surface area contributed by atoms with Crippen LogP contribution in [0.25, 0.3) is 10.9 Å². The third-order valence-electron chi connectivity index (χ3n) is 13.6. The minimum atomic E-state index is -1.32. The summed E-state index contributed by atoms with van der Waals surface area (Å²) in [5, 5.41) is 23.6. The molecule has 2 aromatic carbocycles. The van der Waals surface area contributed by atoms with Crippen LogP contribution in [0.3, 0.4) is 0 Å². The molecule has 448 valence electrons. The summed E-state index contributed by atoms with van der Waals surface area (Å²) in [6.07, 6.45) is 22.8. The fourth-order valence-electron chi connectivity index (χ4n) is 9.06. The molecule has 0 saturated heterocycles. The number of guanidine groups is 1. The van der Waals surface area contributed by atoms with Gasteiger partial charge in [0.05, 0.1) is 6.33 Å². The molecule has 0 aliphatic carbocycles. The van der Waals surface area contributed by atoms with Crippen LogP contribution in [0.2, 0.25) is 0 Å². The molecule has 0 bridgehead atoms. The number of amides is 8. The van der Waals surface area contributed by atoms with Gasteiger partial charge in [-0.3, -0.25) is 43.3 Å². The van der Waals surface area contributed by atoms with E-state index in [9.17, 15) is 38.4 Å². The average Bonchev–Trinajstić information content (AvgIpc) is 4.21. The standard InChI is InChI=1S/C58H88N16O8/c1-3-4-5-6-7-8-9-10-11-12-13-14-18-28-50(75)63-30-22-31-64-51(76)37-68-69-38-52(77)70-40(2)54(79)73-49(34-43-36-62-39-67-43)57(82)74-48(32-41-23-16-15-17-24-41)56(81)71-46(27-21-29-65-58(60)61)55(80)72-47(53(59)78)33-42-35-66-45-26-20-19-25-44(42)45/h15-17,19-20,23-26,35-37,39-40,46-49,66,69H,3-14,18,21-22,27-34,38H2,1-2H3,(H2,59,78)(H,62,67)(H,63,75)(H,64,76)(H,70,77)(H,71,81)(H,72,80)(H,73,79)(H,74,82)(H4,60,61,65)/b68-37+/t40-,46-,47-,48+,49-/m0/s1. The van der Waals surface area contributed by atoms with Gasteiger partial charge < -0.3 is 69.8 Å². The molecule has 0 aliphatic heterocycles. The zero-order chi connectivity index (χ0) is 59.3. The first-order valence-electron chi connectivity index (χ1n) is 28.9. The number of aromatic amines is 2. The summed E-state index contributed by atoms with van der Waals surface area (Å²) in [4.78, 5) is 121. The van der Waals surface area contributed by atoms with E-state index in [4.69, 9.17) is 17.2 Å². The third kappa shape index (κ3) is 26.8. The van der Waals surface area contributed by atoms with E-state index >= 15 is 0 Å². The molecule has 0 spiro atoms. The summed E-state index contributed by atoms with van der Waals surface area (Å²) in [6.45, 7) is 4.08. The van der Waals surface area contributed by atoms with Crippen LogP contribution in [0, 0.1) is 0 Å². The number of unbranched alkanes of at least 4 members (excludes halogenated alkanes) is 12. The van der Waals surface area contributed by atoms with Crippen LogP contribution in [-0.4, -0.2) is 131 Å². The highest BCUT2D eigenvalue weighted by atomic mass is 16.2. The molecule has 0 fully saturated rings. The van der Waals surface area contributed by atoms with E-state index in [-0.39, 0.29) is 50.5 Å². The summed E-state index contributed by atoms with van der Waals surface area (Å²) < 4.78 is 0. The van der Waals surface area contributed by atoms with Crippen molar-refractivity contribution in [3.05, 3.63) is 90.1 Å². The number of H-pyrrole nitrogens is 2. The number of para-hydroxylation sites is 1. The summed E-state index contributed by atoms with van der Waals surface area (Å²) in [6, 6.07) is 10.0. The van der Waals surface area contributed by atoms with Crippen LogP contribution < -0.4 is 59.8 Å². The summed E-state index contributed by atoms with van der Waals surface area (Å²) in [5.41, 5.74) is 22.0. The molecule has 82 heavy (non-hydrogen) atoms. The van der Waals surface area contributed by atoms with Crippen molar-refractivity contribution in [2.75, 3.05) is 26.2 Å². The largest absolute Gasteiger partial charge is 0.370 e. The van der Waals surface area contributed by atoms with Gasteiger partial charge in [-0.15, -0.1) is 0 Å². The number of aliphatic imine (C=N–C) groups is 1. The molecule has 2 heterocycles. The number of carbonyl (C=O) groups is 8. The average molecular weight is 1140 g/mol. The molecular weight excluding hydrogens is 1050 g/mol. The Kier molecular flexibility index (Phi) is 31.0. The van der Waals surface area contributed by atoms with Gasteiger partial charge in [-0.2, -0.15) is 5.10 Å². The smallest absolute Gasteiger partial charge is 0.264 e. The number of hydrogen-bond donors (Lipinski definition) is 13. The van der Waals surface area contributed by atoms with Gasteiger partial charge in [-0.25, -0.2) is 4.98 Å². The normalized spacial score (nSPS) is 13.0. The predicted molar refractivity (Wildman–Crippen MR) is 316 cm³/mol. The number of nitrogens with one attached hydrogen (secondary N) is 10. The van der Waals surface area contributed by atoms with Crippen molar-refractivity contribution >= 4 is 70.3 Å². The number of rotatable bonds is 42. The number of nitrogens with zero attached hydrogens (tertiary/aromatic N) is 3. The Labute approximate surface area is 480 Å². The number of benzene rings is 2. The number of nitrogens with two attached hydrogens (primary N) is 3. The highest BCUT2D eigenvalue weighted by molar-refractivity contribution is 6.26. The Balaban J connectivity index is 1.26. The van der Waals surface area contributed by atoms with E-state index in [2.05, 4.69) is 74.6 Å². The van der Waals surface area contributed by atoms with Gasteiger partial charge in [-0.05, 0) is 49.8 Å². The SMILES string of the molecule is CCCCCCCCCCCCCCCC(=O)NCCCNC(=O)/C=N/NCC(=O)N[C@@H](C)C(=O)N[C@@H](Cc1cnc[nH]1)C(=O)N[C@H](Cc1ccccc1)C(=O)N[C@@H](CCCN=C(N)N)C(=O)N[C@@H](Cc1c[nH]c2ccccc12)C(N)=O. The molecule has 0 radical (unpaired) electrons. The van der Waals surface area contributed by atoms with E-state index < -0.39 is 78.1 Å². The number of hydrazone groups is 1. The topological polar surface area (TPSA) is 380 Å². The molecule has 4 aromatic rings. The van der Waals surface area contributed by atoms with E-state index in [1.807, 2.05) is 24.3 Å². The lowest BCUT2D eigenvalue weighted by molar-refractivity contribution is -0.135. The van der Waals surface area contributed by atoms with Crippen LogP contribution in [0.15, 0.2) is 83.4 Å². The molecule has 8 amide bonds. The third-order valence-corrected chi connectivity index (χ3v) is 13.6. The molecule has 2 aromatic heterocycles. The lowest BCUT2D eigenvalue weighted by atomic mass is 10.0. The summed E-state index contributed by atoms with van der Waals surface area (Å²) in [7, 11) is 0. The van der Waals surface area contributed by atoms with E-state index in [0.29, 0.717) is 37.2 Å². The van der Waals surface area contributed by atoms with Gasteiger partial charge in [0, 0.05) is 74.3 Å². The molecular formula is C58H88N16O8. The molecule has 4 rings (SSSR count). The van der Waals surface area contributed by atoms with Crippen molar-refractivity contribution < 1.29 is 38.4 Å². The van der Waals surface area contributed by atoms with Crippen LogP contribution in [-0.2, 0) is 57.6 Å². The van der Waals surface area contributed by atoms with Crippen molar-refractivity contribution in [2.45, 2.75) is 172 Å². The van der Waals surface area contributed by atoms with Crippen LogP contribution >= 0.6 is 0 Å². The van der Waals surface area contributed by atoms with Crippen LogP contribution in [0.5, 0.6) is 0 Å². The van der Waals surface area contributed by atoms with Gasteiger partial charge in [0.1, 0.15) is 43.0 Å². The number of aromatic nitrogens is 3. The summed E-state index contributed by atoms with van der Waals surface area (Å²) >= 11 is 0. The zero-order valence-corrected chi connectivity index (χ0v) is 47.7. The Bertz CT molecular complexity index is 2640. The van der Waals surface area contributed by atoms with Crippen molar-refractivity contribution in [1.82, 2.24) is 57.6 Å².